The molecule has 4 N–H and O–H groups in total. The molecule has 0 saturated carbocycles. The molecule has 4 aromatic rings. The topological polar surface area (TPSA) is 181 Å². The van der Waals surface area contributed by atoms with Gasteiger partial charge in [-0.3, -0.25) is 8.42 Å². The number of hydrogen-bond acceptors (Lipinski definition) is 15. The number of nitrogens with zero attached hydrogens (tertiary/aromatic N) is 8. The second-order valence-electron chi connectivity index (χ2n) is 14.1. The van der Waals surface area contributed by atoms with Gasteiger partial charge < -0.3 is 45.0 Å². The zero-order chi connectivity index (χ0) is 39.8. The molecule has 5 aliphatic rings. The Morgan fingerprint density at radius 3 is 1.60 bits per heavy atom. The van der Waals surface area contributed by atoms with Crippen LogP contribution in [0.25, 0.3) is 0 Å². The van der Waals surface area contributed by atoms with E-state index in [-0.39, 0.29) is 0 Å². The summed E-state index contributed by atoms with van der Waals surface area (Å²) in [6, 6.07) is 15.7. The molecule has 20 heteroatoms. The van der Waals surface area contributed by atoms with Crippen LogP contribution in [0.3, 0.4) is 0 Å². The number of halogens is 3. The molecule has 3 saturated heterocycles. The largest absolute Gasteiger partial charge is 0.394 e. The smallest absolute Gasteiger partial charge is 0.227 e. The third-order valence-electron chi connectivity index (χ3n) is 10.6. The molecular weight excluding hydrogens is 837 g/mol. The lowest BCUT2D eigenvalue weighted by atomic mass is 10.1. The molecule has 57 heavy (non-hydrogen) atoms. The number of ether oxygens (including phenoxy) is 1. The Labute approximate surface area is 349 Å². The third-order valence-corrected chi connectivity index (χ3v) is 14.4. The number of aromatic nitrogens is 4. The lowest BCUT2D eigenvalue weighted by Gasteiger charge is -2.36. The van der Waals surface area contributed by atoms with Gasteiger partial charge in [0.25, 0.3) is 0 Å². The lowest BCUT2D eigenvalue weighted by Crippen LogP contribution is -2.47. The van der Waals surface area contributed by atoms with Crippen LogP contribution in [-0.4, -0.2) is 139 Å². The molecule has 15 nitrogen and oxygen atoms in total. The quantitative estimate of drug-likeness (QED) is 0.199. The molecule has 0 aliphatic carbocycles. The van der Waals surface area contributed by atoms with E-state index in [0.29, 0.717) is 80.8 Å². The minimum atomic E-state index is -1.26. The molecule has 0 amide bonds. The Bertz CT molecular complexity index is 2130. The standard InChI is InChI=1S/C21H26ClN5O5S.C16H16Cl2N4OS/c22-12-1-3-13(4-2-12)26-6-8-27(9-7-26)21-23-14-5-10-33(31)18(14)19(25-21)24-20-17(30)16(29)15(11-28)32-20;17-11-1-3-12(4-2-11)21-6-8-22(9-7-21)16-19-13-5-10-24(23)14(13)15(18)20-16/h1-4,15-17,20,28-30H,5-11H2,(H,23,24,25);1-4H,5-10H2/t15-,16-,17-,20-,33?;/m1./s1. The SMILES string of the molecule is O=S1CCc2nc(N3CCN(c4ccc(Cl)cc4)CC3)nc(Cl)c21.O=S1CCc2nc(N3CCN(c4ccc(Cl)cc4)CC3)nc(N[C@@H]3O[C@H](CO)[C@@H](O)[C@H]3O)c21. The molecule has 0 radical (unpaired) electrons. The highest BCUT2D eigenvalue weighted by molar-refractivity contribution is 7.85. The van der Waals surface area contributed by atoms with Crippen molar-refractivity contribution in [1.29, 1.82) is 0 Å². The van der Waals surface area contributed by atoms with E-state index in [2.05, 4.69) is 39.9 Å². The van der Waals surface area contributed by atoms with Crippen LogP contribution < -0.4 is 24.9 Å². The number of aliphatic hydroxyl groups excluding tert-OH is 3. The molecular formula is C37H42Cl3N9O6S2. The number of hydrogen-bond donors (Lipinski definition) is 4. The zero-order valence-corrected chi connectivity index (χ0v) is 34.6. The molecule has 2 unspecified atom stereocenters. The van der Waals surface area contributed by atoms with Gasteiger partial charge in [0.05, 0.1) is 44.5 Å². The summed E-state index contributed by atoms with van der Waals surface area (Å²) >= 11 is 18.2. The van der Waals surface area contributed by atoms with Crippen molar-refractivity contribution in [1.82, 2.24) is 19.9 Å². The number of aliphatic hydroxyl groups is 3. The number of fused-ring (bicyclic) bond motifs is 2. The average molecular weight is 879 g/mol. The Morgan fingerprint density at radius 2 is 1.11 bits per heavy atom. The summed E-state index contributed by atoms with van der Waals surface area (Å²) in [7, 11) is -2.31. The summed E-state index contributed by atoms with van der Waals surface area (Å²) in [5.41, 5.74) is 3.83. The van der Waals surface area contributed by atoms with Crippen LogP contribution in [0.2, 0.25) is 15.2 Å². The van der Waals surface area contributed by atoms with E-state index in [1.807, 2.05) is 48.5 Å². The van der Waals surface area contributed by atoms with Crippen molar-refractivity contribution in [3.8, 4) is 0 Å². The first-order valence-corrected chi connectivity index (χ1v) is 22.5. The number of aryl methyl sites for hydroxylation is 2. The molecule has 304 valence electrons. The first kappa shape index (κ1) is 40.4. The fourth-order valence-corrected chi connectivity index (χ4v) is 10.7. The maximum Gasteiger partial charge on any atom is 0.227 e. The molecule has 5 aliphatic heterocycles. The van der Waals surface area contributed by atoms with Crippen LogP contribution in [0.15, 0.2) is 58.3 Å². The minimum absolute atomic E-state index is 0.334. The Morgan fingerprint density at radius 1 is 0.649 bits per heavy atom. The summed E-state index contributed by atoms with van der Waals surface area (Å²) in [5, 5.41) is 34.5. The van der Waals surface area contributed by atoms with Gasteiger partial charge in [0.1, 0.15) is 29.0 Å². The average Bonchev–Trinajstić information content (AvgIpc) is 3.89. The number of piperazine rings is 2. The monoisotopic (exact) mass is 877 g/mol. The number of benzene rings is 2. The molecule has 0 bridgehead atoms. The Hall–Kier alpha value is -3.39. The van der Waals surface area contributed by atoms with Gasteiger partial charge in [-0.15, -0.1) is 0 Å². The highest BCUT2D eigenvalue weighted by Gasteiger charge is 2.43. The van der Waals surface area contributed by atoms with E-state index in [4.69, 9.17) is 44.5 Å². The predicted octanol–water partition coefficient (Wildman–Crippen LogP) is 2.74. The Kier molecular flexibility index (Phi) is 12.4. The van der Waals surface area contributed by atoms with E-state index in [1.54, 1.807) is 0 Å². The van der Waals surface area contributed by atoms with Crippen molar-refractivity contribution >= 4 is 85.5 Å². The second kappa shape index (κ2) is 17.5. The first-order chi connectivity index (χ1) is 27.6. The van der Waals surface area contributed by atoms with Crippen LogP contribution in [-0.2, 0) is 39.2 Å². The van der Waals surface area contributed by atoms with E-state index in [1.165, 1.54) is 5.69 Å². The van der Waals surface area contributed by atoms with Crippen molar-refractivity contribution in [2.24, 2.45) is 0 Å². The van der Waals surface area contributed by atoms with Crippen LogP contribution in [0.5, 0.6) is 0 Å². The van der Waals surface area contributed by atoms with Gasteiger partial charge in [0.15, 0.2) is 11.4 Å². The number of anilines is 5. The van der Waals surface area contributed by atoms with E-state index in [9.17, 15) is 23.7 Å². The molecule has 0 spiro atoms. The van der Waals surface area contributed by atoms with Crippen molar-refractivity contribution < 1.29 is 28.5 Å². The fraction of sp³-hybridized carbons (Fsp3) is 0.459. The Balaban J connectivity index is 0.000000168. The maximum absolute atomic E-state index is 12.6. The minimum Gasteiger partial charge on any atom is -0.394 e. The van der Waals surface area contributed by atoms with Gasteiger partial charge >= 0.3 is 0 Å². The summed E-state index contributed by atoms with van der Waals surface area (Å²) in [4.78, 5) is 28.3. The van der Waals surface area contributed by atoms with Crippen LogP contribution in [0.4, 0.5) is 29.1 Å². The van der Waals surface area contributed by atoms with Gasteiger partial charge in [-0.1, -0.05) is 34.8 Å². The van der Waals surface area contributed by atoms with Crippen molar-refractivity contribution in [3.05, 3.63) is 75.1 Å². The zero-order valence-electron chi connectivity index (χ0n) is 30.7. The highest BCUT2D eigenvalue weighted by Crippen LogP contribution is 2.34. The number of rotatable bonds is 7. The molecule has 2 aromatic heterocycles. The summed E-state index contributed by atoms with van der Waals surface area (Å²) in [6.07, 6.45) is -3.08. The van der Waals surface area contributed by atoms with E-state index >= 15 is 0 Å². The highest BCUT2D eigenvalue weighted by atomic mass is 35.5. The van der Waals surface area contributed by atoms with Gasteiger partial charge in [-0.25, -0.2) is 9.97 Å². The molecule has 2 aromatic carbocycles. The normalized spacial score (nSPS) is 25.6. The van der Waals surface area contributed by atoms with Crippen LogP contribution in [0.1, 0.15) is 11.4 Å². The first-order valence-electron chi connectivity index (χ1n) is 18.7. The molecule has 3 fully saturated rings. The fourth-order valence-electron chi connectivity index (χ4n) is 7.49. The molecule has 6 atom stereocenters. The second-order valence-corrected chi connectivity index (χ2v) is 18.4. The summed E-state index contributed by atoms with van der Waals surface area (Å²) in [6.45, 7) is 5.96. The van der Waals surface area contributed by atoms with Crippen LogP contribution >= 0.6 is 34.8 Å². The third kappa shape index (κ3) is 8.68. The van der Waals surface area contributed by atoms with Crippen LogP contribution in [0, 0.1) is 0 Å². The maximum atomic E-state index is 12.6. The van der Waals surface area contributed by atoms with Gasteiger partial charge in [-0.05, 0) is 48.5 Å². The molecule has 7 heterocycles. The van der Waals surface area contributed by atoms with Crippen molar-refractivity contribution in [2.75, 3.05) is 95.4 Å². The lowest BCUT2D eigenvalue weighted by molar-refractivity contribution is -0.0154. The summed E-state index contributed by atoms with van der Waals surface area (Å²) < 4.78 is 30.1. The van der Waals surface area contributed by atoms with Gasteiger partial charge in [0, 0.05) is 98.1 Å². The van der Waals surface area contributed by atoms with E-state index < -0.39 is 52.7 Å². The van der Waals surface area contributed by atoms with E-state index in [0.717, 1.165) is 55.7 Å². The van der Waals surface area contributed by atoms with Gasteiger partial charge in [-0.2, -0.15) is 9.97 Å². The van der Waals surface area contributed by atoms with Crippen molar-refractivity contribution in [3.63, 3.8) is 0 Å². The molecule has 9 rings (SSSR count). The predicted molar refractivity (Wildman–Crippen MR) is 222 cm³/mol. The van der Waals surface area contributed by atoms with Gasteiger partial charge in [0.2, 0.25) is 11.9 Å². The number of nitrogens with one attached hydrogen (secondary N) is 1. The summed E-state index contributed by atoms with van der Waals surface area (Å²) in [5.74, 6) is 2.56. The van der Waals surface area contributed by atoms with Crippen molar-refractivity contribution in [2.45, 2.75) is 47.2 Å².